The first kappa shape index (κ1) is 18.1. The molecule has 24 heavy (non-hydrogen) atoms. The Balaban J connectivity index is 0.00000208. The zero-order chi connectivity index (χ0) is 16.4. The minimum atomic E-state index is -2.57. The summed E-state index contributed by atoms with van der Waals surface area (Å²) in [5, 5.41) is 0.861. The van der Waals surface area contributed by atoms with Crippen molar-refractivity contribution < 1.29 is 8.42 Å². The summed E-state index contributed by atoms with van der Waals surface area (Å²) in [6.07, 6.45) is 1.65. The number of halogens is 1. The average Bonchev–Trinajstić information content (AvgIpc) is 2.54. The Labute approximate surface area is 146 Å². The average molecular weight is 366 g/mol. The molecule has 0 aliphatic rings. The summed E-state index contributed by atoms with van der Waals surface area (Å²) in [5.74, 6) is 0. The molecule has 0 fully saturated rings. The zero-order valence-electron chi connectivity index (χ0n) is 12.8. The Morgan fingerprint density at radius 1 is 1.08 bits per heavy atom. The molecule has 2 heterocycles. The van der Waals surface area contributed by atoms with Crippen molar-refractivity contribution in [2.45, 2.75) is 6.54 Å². The third-order valence-corrected chi connectivity index (χ3v) is 4.29. The molecule has 0 atom stereocenters. The van der Waals surface area contributed by atoms with Crippen molar-refractivity contribution in [1.82, 2.24) is 14.3 Å². The van der Waals surface area contributed by atoms with Gasteiger partial charge in [-0.15, -0.1) is 12.4 Å². The molecule has 0 unspecified atom stereocenters. The minimum Gasteiger partial charge on any atom is -0.307 e. The first-order valence-corrected chi connectivity index (χ1v) is 8.10. The van der Waals surface area contributed by atoms with Crippen LogP contribution in [0.15, 0.2) is 53.5 Å². The highest BCUT2D eigenvalue weighted by Gasteiger charge is 2.06. The predicted octanol–water partition coefficient (Wildman–Crippen LogP) is 1.97. The highest BCUT2D eigenvalue weighted by atomic mass is 35.5. The number of nitrogens with zero attached hydrogens (tertiary/aromatic N) is 2. The summed E-state index contributed by atoms with van der Waals surface area (Å²) in [6, 6.07) is 12.8. The third kappa shape index (κ3) is 3.81. The highest BCUT2D eigenvalue weighted by Crippen LogP contribution is 2.26. The Kier molecular flexibility index (Phi) is 5.71. The molecule has 0 radical (unpaired) electrons. The van der Waals surface area contributed by atoms with Crippen molar-refractivity contribution in [2.75, 3.05) is 7.05 Å². The maximum absolute atomic E-state index is 11.4. The summed E-state index contributed by atoms with van der Waals surface area (Å²) >= 11 is 0. The number of fused-ring (bicyclic) bond motifs is 1. The molecule has 3 rings (SSSR count). The van der Waals surface area contributed by atoms with Crippen LogP contribution >= 0.6 is 12.4 Å². The van der Waals surface area contributed by atoms with Crippen LogP contribution in [0.5, 0.6) is 0 Å². The van der Waals surface area contributed by atoms with Crippen LogP contribution in [0.1, 0.15) is 5.56 Å². The van der Waals surface area contributed by atoms with Gasteiger partial charge in [-0.25, -0.2) is 17.7 Å². The number of hydrogen-bond acceptors (Lipinski definition) is 4. The zero-order valence-corrected chi connectivity index (χ0v) is 14.5. The van der Waals surface area contributed by atoms with Gasteiger partial charge in [0.25, 0.3) is 0 Å². The molecule has 0 saturated carbocycles. The van der Waals surface area contributed by atoms with Gasteiger partial charge in [0.15, 0.2) is 0 Å². The van der Waals surface area contributed by atoms with Crippen LogP contribution in [0, 0.1) is 0 Å². The predicted molar refractivity (Wildman–Crippen MR) is 96.8 cm³/mol. The molecule has 0 spiro atoms. The van der Waals surface area contributed by atoms with Gasteiger partial charge in [0.1, 0.15) is 5.65 Å². The van der Waals surface area contributed by atoms with E-state index in [1.165, 1.54) is 17.4 Å². The van der Waals surface area contributed by atoms with Crippen LogP contribution in [0.25, 0.3) is 22.2 Å². The van der Waals surface area contributed by atoms with Gasteiger partial charge < -0.3 is 4.98 Å². The first-order chi connectivity index (χ1) is 11.0. The second kappa shape index (κ2) is 7.57. The van der Waals surface area contributed by atoms with E-state index >= 15 is 0 Å². The number of H-pyrrole nitrogens is 1. The number of nitrogens with one attached hydrogen (secondary N) is 1. The van der Waals surface area contributed by atoms with E-state index in [-0.39, 0.29) is 18.0 Å². The van der Waals surface area contributed by atoms with Gasteiger partial charge in [-0.3, -0.25) is 4.79 Å². The van der Waals surface area contributed by atoms with Crippen LogP contribution in [0.4, 0.5) is 0 Å². The second-order valence-corrected chi connectivity index (χ2v) is 6.35. The summed E-state index contributed by atoms with van der Waals surface area (Å²) in [4.78, 5) is 18.3. The molecule has 6 nitrogen and oxygen atoms in total. The van der Waals surface area contributed by atoms with Crippen LogP contribution in [0.3, 0.4) is 0 Å². The highest BCUT2D eigenvalue weighted by molar-refractivity contribution is 7.69. The van der Waals surface area contributed by atoms with Gasteiger partial charge >= 0.3 is 0 Å². The molecular weight excluding hydrogens is 350 g/mol. The topological polar surface area (TPSA) is 83.1 Å². The number of benzene rings is 1. The molecule has 0 aliphatic heterocycles. The van der Waals surface area contributed by atoms with Gasteiger partial charge in [-0.05, 0) is 28.8 Å². The molecule has 126 valence electrons. The minimum absolute atomic E-state index is 0. The molecular formula is C16H16ClN3O3S. The van der Waals surface area contributed by atoms with Crippen LogP contribution < -0.4 is 5.56 Å². The van der Waals surface area contributed by atoms with Gasteiger partial charge in [-0.1, -0.05) is 24.3 Å². The normalized spacial score (nSPS) is 11.0. The number of aromatic amines is 1. The van der Waals surface area contributed by atoms with Crippen LogP contribution in [-0.4, -0.2) is 29.7 Å². The lowest BCUT2D eigenvalue weighted by Crippen LogP contribution is -2.15. The third-order valence-electron chi connectivity index (χ3n) is 3.59. The van der Waals surface area contributed by atoms with Crippen molar-refractivity contribution in [1.29, 1.82) is 0 Å². The number of rotatable bonds is 4. The number of hydrogen-bond donors (Lipinski definition) is 2. The standard InChI is InChI=1S/C16H15N3O3S.ClH/c1-19(23(21)22)10-11-2-4-12(5-3-11)13-8-9-17-16-14(13)6-7-15(20)18-16;/h2-9,23H,10H2,1H3,(H,17,18,20);1H. The molecule has 0 amide bonds. The summed E-state index contributed by atoms with van der Waals surface area (Å²) in [6.45, 7) is 0.337. The number of thiol groups is 1. The fourth-order valence-electron chi connectivity index (χ4n) is 2.42. The maximum Gasteiger partial charge on any atom is 0.249 e. The number of aromatic nitrogens is 2. The second-order valence-electron chi connectivity index (χ2n) is 5.19. The Bertz CT molecular complexity index is 976. The largest absolute Gasteiger partial charge is 0.307 e. The summed E-state index contributed by atoms with van der Waals surface area (Å²) in [7, 11) is -1.04. The van der Waals surface area contributed by atoms with Gasteiger partial charge in [-0.2, -0.15) is 0 Å². The van der Waals surface area contributed by atoms with E-state index in [4.69, 9.17) is 0 Å². The molecule has 1 N–H and O–H groups in total. The SMILES string of the molecule is CN(Cc1ccc(-c2ccnc3[nH]c(=O)ccc23)cc1)[SH](=O)=O.Cl. The van der Waals surface area contributed by atoms with Crippen LogP contribution in [-0.2, 0) is 17.4 Å². The Morgan fingerprint density at radius 2 is 1.79 bits per heavy atom. The van der Waals surface area contributed by atoms with Crippen molar-refractivity contribution >= 4 is 34.3 Å². The smallest absolute Gasteiger partial charge is 0.249 e. The lowest BCUT2D eigenvalue weighted by Gasteiger charge is -2.10. The molecule has 1 aromatic carbocycles. The summed E-state index contributed by atoms with van der Waals surface area (Å²) in [5.41, 5.74) is 3.19. The first-order valence-electron chi connectivity index (χ1n) is 6.97. The molecule has 0 aliphatic carbocycles. The van der Waals surface area contributed by atoms with Crippen molar-refractivity contribution in [3.8, 4) is 11.1 Å². The van der Waals surface area contributed by atoms with E-state index in [9.17, 15) is 13.2 Å². The van der Waals surface area contributed by atoms with Gasteiger partial charge in [0, 0.05) is 31.2 Å². The van der Waals surface area contributed by atoms with E-state index in [1.54, 1.807) is 12.3 Å². The van der Waals surface area contributed by atoms with Crippen molar-refractivity contribution in [2.24, 2.45) is 0 Å². The molecule has 0 bridgehead atoms. The van der Waals surface area contributed by atoms with Gasteiger partial charge in [0.2, 0.25) is 16.4 Å². The quantitative estimate of drug-likeness (QED) is 0.692. The monoisotopic (exact) mass is 365 g/mol. The Hall–Kier alpha value is -2.22. The molecule has 8 heteroatoms. The van der Waals surface area contributed by atoms with Gasteiger partial charge in [0.05, 0.1) is 0 Å². The molecule has 0 saturated heterocycles. The van der Waals surface area contributed by atoms with E-state index < -0.39 is 10.9 Å². The van der Waals surface area contributed by atoms with E-state index in [2.05, 4.69) is 9.97 Å². The Morgan fingerprint density at radius 3 is 2.46 bits per heavy atom. The number of pyridine rings is 2. The van der Waals surface area contributed by atoms with E-state index in [0.29, 0.717) is 12.2 Å². The van der Waals surface area contributed by atoms with Crippen molar-refractivity contribution in [3.63, 3.8) is 0 Å². The molecule has 2 aromatic heterocycles. The van der Waals surface area contributed by atoms with E-state index in [1.807, 2.05) is 30.3 Å². The fraction of sp³-hybridized carbons (Fsp3) is 0.125. The maximum atomic E-state index is 11.4. The summed E-state index contributed by atoms with van der Waals surface area (Å²) < 4.78 is 23.0. The lowest BCUT2D eigenvalue weighted by atomic mass is 10.0. The van der Waals surface area contributed by atoms with Crippen LogP contribution in [0.2, 0.25) is 0 Å². The fourth-order valence-corrected chi connectivity index (χ4v) is 2.70. The van der Waals surface area contributed by atoms with Crippen molar-refractivity contribution in [3.05, 3.63) is 64.6 Å². The van der Waals surface area contributed by atoms with E-state index in [0.717, 1.165) is 22.1 Å². The molecule has 3 aromatic rings. The lowest BCUT2D eigenvalue weighted by molar-refractivity contribution is 0.486.